The van der Waals surface area contributed by atoms with E-state index in [0.717, 1.165) is 0 Å². The number of rotatable bonds is 2. The van der Waals surface area contributed by atoms with Crippen molar-refractivity contribution in [2.24, 2.45) is 0 Å². The van der Waals surface area contributed by atoms with Crippen molar-refractivity contribution in [1.29, 1.82) is 0 Å². The summed E-state index contributed by atoms with van der Waals surface area (Å²) in [6, 6.07) is 52.1. The van der Waals surface area contributed by atoms with Crippen molar-refractivity contribution in [1.82, 2.24) is 0 Å². The monoisotopic (exact) mass is 538 g/mol. The summed E-state index contributed by atoms with van der Waals surface area (Å²) < 4.78 is 0. The van der Waals surface area contributed by atoms with Crippen LogP contribution < -0.4 is 0 Å². The van der Waals surface area contributed by atoms with Gasteiger partial charge in [-0.25, -0.2) is 0 Å². The Morgan fingerprint density at radius 1 is 0.463 bits per heavy atom. The molecule has 0 spiro atoms. The molecule has 2 aliphatic rings. The first-order chi connectivity index (χ1) is 20.2. The van der Waals surface area contributed by atoms with Crippen molar-refractivity contribution >= 4 is 33.3 Å². The zero-order valence-corrected chi connectivity index (χ0v) is 23.5. The smallest absolute Gasteiger partial charge is 0.0435 e. The molecule has 0 nitrogen and oxygen atoms in total. The van der Waals surface area contributed by atoms with Crippen LogP contribution in [0.15, 0.2) is 149 Å². The highest BCUT2D eigenvalue weighted by Gasteiger charge is 2.41. The molecule has 41 heavy (non-hydrogen) atoms. The minimum Gasteiger partial charge on any atom is -0.0888 e. The summed E-state index contributed by atoms with van der Waals surface area (Å²) in [6.07, 6.45) is 0. The Hall–Kier alpha value is -4.59. The third-order valence-electron chi connectivity index (χ3n) is 9.32. The topological polar surface area (TPSA) is 0 Å². The lowest BCUT2D eigenvalue weighted by Gasteiger charge is -2.29. The van der Waals surface area contributed by atoms with E-state index >= 15 is 0 Å². The number of benzene rings is 7. The van der Waals surface area contributed by atoms with Gasteiger partial charge in [-0.1, -0.05) is 121 Å². The molecule has 1 atom stereocenters. The van der Waals surface area contributed by atoms with Gasteiger partial charge in [-0.05, 0) is 103 Å². The lowest BCUT2D eigenvalue weighted by molar-refractivity contribution is 0.715. The van der Waals surface area contributed by atoms with E-state index in [1.807, 2.05) is 11.8 Å². The van der Waals surface area contributed by atoms with Gasteiger partial charge in [0.05, 0.1) is 0 Å². The van der Waals surface area contributed by atoms with Crippen LogP contribution in [0.4, 0.5) is 0 Å². The third-order valence-corrected chi connectivity index (χ3v) is 10.5. The van der Waals surface area contributed by atoms with Crippen LogP contribution in [-0.2, 0) is 5.41 Å². The standard InChI is InChI=1S/C40H26S/c1-40(29-13-3-2-4-14-29)34-24-28(19-21-31(34)33-22-26-10-5-6-11-27(26)23-35(33)40)30-20-18-25-12-9-17-37-38(25)39(30)32-15-7-8-16-36(32)41-37/h2-24H,1H3. The summed E-state index contributed by atoms with van der Waals surface area (Å²) in [5.41, 5.74) is 11.8. The van der Waals surface area contributed by atoms with Crippen LogP contribution in [0.2, 0.25) is 0 Å². The first-order valence-electron chi connectivity index (χ1n) is 14.3. The number of fused-ring (bicyclic) bond motifs is 6. The molecule has 7 aromatic carbocycles. The summed E-state index contributed by atoms with van der Waals surface area (Å²) in [5.74, 6) is 0. The fourth-order valence-electron chi connectivity index (χ4n) is 7.30. The van der Waals surface area contributed by atoms with Gasteiger partial charge in [-0.15, -0.1) is 0 Å². The number of hydrogen-bond donors (Lipinski definition) is 0. The second-order valence-electron chi connectivity index (χ2n) is 11.4. The lowest BCUT2D eigenvalue weighted by Crippen LogP contribution is -2.22. The quantitative estimate of drug-likeness (QED) is 0.211. The van der Waals surface area contributed by atoms with Gasteiger partial charge in [0.15, 0.2) is 0 Å². The van der Waals surface area contributed by atoms with Gasteiger partial charge in [0.25, 0.3) is 0 Å². The first kappa shape index (κ1) is 23.1. The van der Waals surface area contributed by atoms with E-state index in [2.05, 4.69) is 146 Å². The maximum absolute atomic E-state index is 2.48. The molecule has 0 aromatic heterocycles. The van der Waals surface area contributed by atoms with Crippen LogP contribution in [0, 0.1) is 0 Å². The van der Waals surface area contributed by atoms with Crippen LogP contribution in [0.25, 0.3) is 54.9 Å². The van der Waals surface area contributed by atoms with Gasteiger partial charge in [0.1, 0.15) is 0 Å². The molecular formula is C40H26S. The zero-order valence-electron chi connectivity index (χ0n) is 22.7. The molecule has 1 aliphatic heterocycles. The normalized spacial score (nSPS) is 16.4. The molecule has 0 radical (unpaired) electrons. The molecule has 1 unspecified atom stereocenters. The van der Waals surface area contributed by atoms with Crippen LogP contribution >= 0.6 is 11.8 Å². The second kappa shape index (κ2) is 8.46. The van der Waals surface area contributed by atoms with Gasteiger partial charge >= 0.3 is 0 Å². The van der Waals surface area contributed by atoms with E-state index in [9.17, 15) is 0 Å². The molecule has 192 valence electrons. The molecule has 0 bridgehead atoms. The predicted octanol–water partition coefficient (Wildman–Crippen LogP) is 11.1. The van der Waals surface area contributed by atoms with Crippen molar-refractivity contribution < 1.29 is 0 Å². The molecule has 0 saturated heterocycles. The Morgan fingerprint density at radius 2 is 1.15 bits per heavy atom. The molecule has 1 heteroatoms. The van der Waals surface area contributed by atoms with E-state index in [1.54, 1.807) is 0 Å². The number of hydrogen-bond acceptors (Lipinski definition) is 1. The van der Waals surface area contributed by atoms with Gasteiger partial charge in [0, 0.05) is 20.6 Å². The van der Waals surface area contributed by atoms with Crippen molar-refractivity contribution in [3.8, 4) is 33.4 Å². The highest BCUT2D eigenvalue weighted by Crippen LogP contribution is 2.56. The molecule has 0 N–H and O–H groups in total. The summed E-state index contributed by atoms with van der Waals surface area (Å²) in [7, 11) is 0. The van der Waals surface area contributed by atoms with Crippen LogP contribution in [0.3, 0.4) is 0 Å². The largest absolute Gasteiger partial charge is 0.0888 e. The van der Waals surface area contributed by atoms with Gasteiger partial charge in [-0.2, -0.15) is 0 Å². The van der Waals surface area contributed by atoms with E-state index < -0.39 is 0 Å². The first-order valence-corrected chi connectivity index (χ1v) is 15.1. The fraction of sp³-hybridized carbons (Fsp3) is 0.0500. The Labute approximate surface area is 244 Å². The second-order valence-corrected chi connectivity index (χ2v) is 12.5. The maximum Gasteiger partial charge on any atom is 0.0435 e. The summed E-state index contributed by atoms with van der Waals surface area (Å²) in [6.45, 7) is 2.42. The minimum absolute atomic E-state index is 0.251. The highest BCUT2D eigenvalue weighted by atomic mass is 32.2. The molecule has 0 amide bonds. The molecule has 9 rings (SSSR count). The Bertz CT molecular complexity index is 2190. The summed E-state index contributed by atoms with van der Waals surface area (Å²) in [5, 5.41) is 5.26. The molecule has 1 aliphatic carbocycles. The van der Waals surface area contributed by atoms with E-state index in [-0.39, 0.29) is 5.41 Å². The molecule has 7 aromatic rings. The molecular weight excluding hydrogens is 513 g/mol. The average molecular weight is 539 g/mol. The highest BCUT2D eigenvalue weighted by molar-refractivity contribution is 7.99. The predicted molar refractivity (Wildman–Crippen MR) is 174 cm³/mol. The summed E-state index contributed by atoms with van der Waals surface area (Å²) in [4.78, 5) is 2.67. The Morgan fingerprint density at radius 3 is 2.02 bits per heavy atom. The van der Waals surface area contributed by atoms with Crippen molar-refractivity contribution in [3.63, 3.8) is 0 Å². The lowest BCUT2D eigenvalue weighted by atomic mass is 9.73. The van der Waals surface area contributed by atoms with Crippen LogP contribution in [0.1, 0.15) is 23.6 Å². The Kier molecular flexibility index (Phi) is 4.77. The average Bonchev–Trinajstić information content (AvgIpc) is 3.28. The van der Waals surface area contributed by atoms with Crippen LogP contribution in [-0.4, -0.2) is 0 Å². The van der Waals surface area contributed by atoms with Crippen molar-refractivity contribution in [3.05, 3.63) is 156 Å². The molecule has 0 fully saturated rings. The van der Waals surface area contributed by atoms with E-state index in [0.29, 0.717) is 0 Å². The summed E-state index contributed by atoms with van der Waals surface area (Å²) >= 11 is 1.89. The SMILES string of the molecule is CC1(c2ccccc2)c2cc(-c3ccc4cccc5c4c3-c3ccccc3S5)ccc2-c2cc3ccccc3cc21. The van der Waals surface area contributed by atoms with Crippen molar-refractivity contribution in [2.75, 3.05) is 0 Å². The third kappa shape index (κ3) is 3.18. The van der Waals surface area contributed by atoms with E-state index in [4.69, 9.17) is 0 Å². The fourth-order valence-corrected chi connectivity index (χ4v) is 8.43. The Balaban J connectivity index is 1.34. The van der Waals surface area contributed by atoms with Crippen LogP contribution in [0.5, 0.6) is 0 Å². The van der Waals surface area contributed by atoms with E-state index in [1.165, 1.54) is 81.4 Å². The van der Waals surface area contributed by atoms with Gasteiger partial charge in [0.2, 0.25) is 0 Å². The maximum atomic E-state index is 2.48. The molecule has 1 heterocycles. The van der Waals surface area contributed by atoms with Gasteiger partial charge in [-0.3, -0.25) is 0 Å². The van der Waals surface area contributed by atoms with Crippen molar-refractivity contribution in [2.45, 2.75) is 22.1 Å². The zero-order chi connectivity index (χ0) is 27.1. The minimum atomic E-state index is -0.251. The van der Waals surface area contributed by atoms with Gasteiger partial charge < -0.3 is 0 Å². The molecule has 0 saturated carbocycles.